The van der Waals surface area contributed by atoms with Crippen molar-refractivity contribution < 1.29 is 4.92 Å². The lowest BCUT2D eigenvalue weighted by atomic mass is 10.2. The molecule has 0 fully saturated rings. The number of anilines is 1. The SMILES string of the molecule is Cc1ccc(C)c(Sc2ccc([N+](=O)[O-])c(N)c2)c1. The molecule has 2 aromatic carbocycles. The van der Waals surface area contributed by atoms with E-state index in [1.165, 1.54) is 17.2 Å². The second-order valence-corrected chi connectivity index (χ2v) is 5.46. The quantitative estimate of drug-likeness (QED) is 0.523. The Bertz CT molecular complexity index is 641. The minimum absolute atomic E-state index is 0.0506. The molecule has 5 heteroatoms. The molecule has 0 aliphatic heterocycles. The number of hydrogen-bond donors (Lipinski definition) is 1. The second kappa shape index (κ2) is 5.32. The number of nitrogens with two attached hydrogens (primary N) is 1. The Hall–Kier alpha value is -2.01. The minimum atomic E-state index is -0.471. The van der Waals surface area contributed by atoms with Crippen LogP contribution in [0, 0.1) is 24.0 Å². The lowest BCUT2D eigenvalue weighted by molar-refractivity contribution is -0.383. The first-order valence-electron chi connectivity index (χ1n) is 5.76. The van der Waals surface area contributed by atoms with Crippen LogP contribution >= 0.6 is 11.8 Å². The number of benzene rings is 2. The number of rotatable bonds is 3. The molecule has 0 atom stereocenters. The van der Waals surface area contributed by atoms with Gasteiger partial charge in [-0.25, -0.2) is 0 Å². The average Bonchev–Trinajstić information content (AvgIpc) is 2.33. The van der Waals surface area contributed by atoms with Crippen molar-refractivity contribution in [1.29, 1.82) is 0 Å². The van der Waals surface area contributed by atoms with Crippen LogP contribution in [0.3, 0.4) is 0 Å². The first kappa shape index (κ1) is 13.4. The molecule has 0 aromatic heterocycles. The summed E-state index contributed by atoms with van der Waals surface area (Å²) in [5, 5.41) is 10.7. The van der Waals surface area contributed by atoms with E-state index < -0.39 is 4.92 Å². The fourth-order valence-corrected chi connectivity index (χ4v) is 2.76. The van der Waals surface area contributed by atoms with Crippen LogP contribution in [-0.2, 0) is 0 Å². The van der Waals surface area contributed by atoms with E-state index in [-0.39, 0.29) is 11.4 Å². The Balaban J connectivity index is 2.31. The zero-order chi connectivity index (χ0) is 14.0. The van der Waals surface area contributed by atoms with E-state index in [4.69, 9.17) is 5.73 Å². The third-order valence-electron chi connectivity index (χ3n) is 2.77. The zero-order valence-electron chi connectivity index (χ0n) is 10.7. The molecule has 2 N–H and O–H groups in total. The van der Waals surface area contributed by atoms with Crippen molar-refractivity contribution in [3.63, 3.8) is 0 Å². The fourth-order valence-electron chi connectivity index (χ4n) is 1.71. The molecule has 0 aliphatic carbocycles. The molecular formula is C14H14N2O2S. The highest BCUT2D eigenvalue weighted by atomic mass is 32.2. The number of nitrogen functional groups attached to an aromatic ring is 1. The van der Waals surface area contributed by atoms with Gasteiger partial charge in [0.15, 0.2) is 0 Å². The molecule has 0 bridgehead atoms. The summed E-state index contributed by atoms with van der Waals surface area (Å²) in [6, 6.07) is 11.0. The van der Waals surface area contributed by atoms with Gasteiger partial charge in [0, 0.05) is 15.9 Å². The summed E-state index contributed by atoms with van der Waals surface area (Å²) in [6.07, 6.45) is 0. The van der Waals surface area contributed by atoms with Crippen molar-refractivity contribution in [2.45, 2.75) is 23.6 Å². The number of hydrogen-bond acceptors (Lipinski definition) is 4. The lowest BCUT2D eigenvalue weighted by Gasteiger charge is -2.07. The standard InChI is InChI=1S/C14H14N2O2S/c1-9-3-4-10(2)14(7-9)19-11-5-6-13(16(17)18)12(15)8-11/h3-8H,15H2,1-2H3. The first-order valence-corrected chi connectivity index (χ1v) is 6.58. The van der Waals surface area contributed by atoms with E-state index in [0.29, 0.717) is 0 Å². The number of aryl methyl sites for hydroxylation is 2. The van der Waals surface area contributed by atoms with E-state index in [1.54, 1.807) is 23.9 Å². The van der Waals surface area contributed by atoms with Crippen molar-refractivity contribution in [3.05, 3.63) is 57.6 Å². The summed E-state index contributed by atoms with van der Waals surface area (Å²) < 4.78 is 0. The molecule has 2 aromatic rings. The summed E-state index contributed by atoms with van der Waals surface area (Å²) >= 11 is 1.56. The van der Waals surface area contributed by atoms with Crippen LogP contribution < -0.4 is 5.73 Å². The predicted molar refractivity (Wildman–Crippen MR) is 77.5 cm³/mol. The van der Waals surface area contributed by atoms with Gasteiger partial charge < -0.3 is 5.73 Å². The second-order valence-electron chi connectivity index (χ2n) is 4.35. The van der Waals surface area contributed by atoms with Crippen molar-refractivity contribution in [2.24, 2.45) is 0 Å². The van der Waals surface area contributed by atoms with E-state index in [2.05, 4.69) is 18.2 Å². The van der Waals surface area contributed by atoms with Gasteiger partial charge in [-0.05, 0) is 43.2 Å². The Morgan fingerprint density at radius 3 is 2.53 bits per heavy atom. The van der Waals surface area contributed by atoms with Crippen LogP contribution in [0.5, 0.6) is 0 Å². The van der Waals surface area contributed by atoms with E-state index in [9.17, 15) is 10.1 Å². The maximum atomic E-state index is 10.7. The van der Waals surface area contributed by atoms with Crippen molar-refractivity contribution in [3.8, 4) is 0 Å². The number of nitro benzene ring substituents is 1. The molecular weight excluding hydrogens is 260 g/mol. The van der Waals surface area contributed by atoms with Gasteiger partial charge in [0.25, 0.3) is 5.69 Å². The molecule has 0 aliphatic rings. The Morgan fingerprint density at radius 1 is 1.16 bits per heavy atom. The van der Waals surface area contributed by atoms with Crippen LogP contribution in [0.2, 0.25) is 0 Å². The van der Waals surface area contributed by atoms with Gasteiger partial charge >= 0.3 is 0 Å². The molecule has 0 radical (unpaired) electrons. The molecule has 98 valence electrons. The molecule has 0 unspecified atom stereocenters. The van der Waals surface area contributed by atoms with Gasteiger partial charge in [-0.15, -0.1) is 0 Å². The van der Waals surface area contributed by atoms with Gasteiger partial charge in [0.1, 0.15) is 5.69 Å². The van der Waals surface area contributed by atoms with Crippen LogP contribution in [0.25, 0.3) is 0 Å². The molecule has 0 spiro atoms. The smallest absolute Gasteiger partial charge is 0.292 e. The Labute approximate surface area is 115 Å². The molecule has 4 nitrogen and oxygen atoms in total. The number of nitro groups is 1. The van der Waals surface area contributed by atoms with E-state index in [1.807, 2.05) is 13.8 Å². The van der Waals surface area contributed by atoms with Gasteiger partial charge in [0.2, 0.25) is 0 Å². The maximum absolute atomic E-state index is 10.7. The van der Waals surface area contributed by atoms with Crippen molar-refractivity contribution >= 4 is 23.1 Å². The molecule has 0 saturated heterocycles. The van der Waals surface area contributed by atoms with Gasteiger partial charge in [-0.2, -0.15) is 0 Å². The normalized spacial score (nSPS) is 10.4. The topological polar surface area (TPSA) is 69.2 Å². The predicted octanol–water partition coefficient (Wildman–Crippen LogP) is 3.95. The number of nitrogens with zero attached hydrogens (tertiary/aromatic N) is 1. The van der Waals surface area contributed by atoms with Crippen LogP contribution in [-0.4, -0.2) is 4.92 Å². The highest BCUT2D eigenvalue weighted by Gasteiger charge is 2.12. The zero-order valence-corrected chi connectivity index (χ0v) is 11.5. The maximum Gasteiger partial charge on any atom is 0.292 e. The lowest BCUT2D eigenvalue weighted by Crippen LogP contribution is -1.95. The van der Waals surface area contributed by atoms with Gasteiger partial charge in [0.05, 0.1) is 4.92 Å². The van der Waals surface area contributed by atoms with E-state index in [0.717, 1.165) is 9.79 Å². The molecule has 0 saturated carbocycles. The summed E-state index contributed by atoms with van der Waals surface area (Å²) in [5.74, 6) is 0. The third-order valence-corrected chi connectivity index (χ3v) is 3.92. The first-order chi connectivity index (χ1) is 8.97. The minimum Gasteiger partial charge on any atom is -0.393 e. The van der Waals surface area contributed by atoms with Crippen molar-refractivity contribution in [1.82, 2.24) is 0 Å². The van der Waals surface area contributed by atoms with Crippen LogP contribution in [0.1, 0.15) is 11.1 Å². The fraction of sp³-hybridized carbons (Fsp3) is 0.143. The average molecular weight is 274 g/mol. The highest BCUT2D eigenvalue weighted by molar-refractivity contribution is 7.99. The molecule has 19 heavy (non-hydrogen) atoms. The molecule has 2 rings (SSSR count). The third kappa shape index (κ3) is 3.06. The Kier molecular flexibility index (Phi) is 3.76. The monoisotopic (exact) mass is 274 g/mol. The van der Waals surface area contributed by atoms with Crippen LogP contribution in [0.15, 0.2) is 46.2 Å². The van der Waals surface area contributed by atoms with Crippen LogP contribution in [0.4, 0.5) is 11.4 Å². The Morgan fingerprint density at radius 2 is 1.89 bits per heavy atom. The van der Waals surface area contributed by atoms with Gasteiger partial charge in [-0.3, -0.25) is 10.1 Å². The summed E-state index contributed by atoms with van der Waals surface area (Å²) in [5.41, 5.74) is 8.19. The van der Waals surface area contributed by atoms with E-state index >= 15 is 0 Å². The molecule has 0 heterocycles. The summed E-state index contributed by atoms with van der Waals surface area (Å²) in [7, 11) is 0. The summed E-state index contributed by atoms with van der Waals surface area (Å²) in [6.45, 7) is 4.07. The van der Waals surface area contributed by atoms with Gasteiger partial charge in [-0.1, -0.05) is 23.9 Å². The largest absolute Gasteiger partial charge is 0.393 e. The molecule has 0 amide bonds. The van der Waals surface area contributed by atoms with Crippen molar-refractivity contribution in [2.75, 3.05) is 5.73 Å². The highest BCUT2D eigenvalue weighted by Crippen LogP contribution is 2.34. The summed E-state index contributed by atoms with van der Waals surface area (Å²) in [4.78, 5) is 12.3.